The van der Waals surface area contributed by atoms with Gasteiger partial charge in [0.2, 0.25) is 16.0 Å². The number of fused-ring (bicyclic) bond motifs is 1. The second-order valence-electron chi connectivity index (χ2n) is 9.72. The Morgan fingerprint density at radius 3 is 2.41 bits per heavy atom. The molecule has 1 aliphatic carbocycles. The maximum Gasteiger partial charge on any atom is 0.224 e. The van der Waals surface area contributed by atoms with Crippen LogP contribution in [0.3, 0.4) is 0 Å². The molecule has 0 spiro atoms. The Labute approximate surface area is 201 Å². The molecule has 0 radical (unpaired) electrons. The van der Waals surface area contributed by atoms with Gasteiger partial charge in [0.25, 0.3) is 0 Å². The van der Waals surface area contributed by atoms with E-state index in [4.69, 9.17) is 4.98 Å². The number of hydrogen-bond donors (Lipinski definition) is 3. The van der Waals surface area contributed by atoms with Crippen molar-refractivity contribution in [2.24, 2.45) is 0 Å². The molecule has 2 aliphatic heterocycles. The summed E-state index contributed by atoms with van der Waals surface area (Å²) in [7, 11) is -3.17. The van der Waals surface area contributed by atoms with E-state index in [-0.39, 0.29) is 18.2 Å². The van der Waals surface area contributed by atoms with Crippen LogP contribution in [0.2, 0.25) is 0 Å². The van der Waals surface area contributed by atoms with Gasteiger partial charge in [-0.2, -0.15) is 4.98 Å². The summed E-state index contributed by atoms with van der Waals surface area (Å²) in [6, 6.07) is 8.68. The average Bonchev–Trinajstić information content (AvgIpc) is 3.25. The molecule has 3 aliphatic rings. The van der Waals surface area contributed by atoms with E-state index in [9.17, 15) is 13.5 Å². The highest BCUT2D eigenvalue weighted by Gasteiger charge is 2.28. The van der Waals surface area contributed by atoms with E-state index in [1.807, 2.05) is 6.07 Å². The molecule has 184 valence electrons. The summed E-state index contributed by atoms with van der Waals surface area (Å²) >= 11 is 0. The molecule has 3 heterocycles. The molecule has 1 aromatic heterocycles. The summed E-state index contributed by atoms with van der Waals surface area (Å²) in [6.45, 7) is 2.66. The van der Waals surface area contributed by atoms with E-state index in [0.717, 1.165) is 70.4 Å². The lowest BCUT2D eigenvalue weighted by atomic mass is 9.92. The first-order valence-electron chi connectivity index (χ1n) is 12.2. The fourth-order valence-electron chi connectivity index (χ4n) is 5.47. The maximum absolute atomic E-state index is 11.5. The molecule has 0 bridgehead atoms. The minimum Gasteiger partial charge on any atom is -0.393 e. The van der Waals surface area contributed by atoms with E-state index in [1.165, 1.54) is 23.2 Å². The van der Waals surface area contributed by atoms with Gasteiger partial charge in [0, 0.05) is 54.9 Å². The van der Waals surface area contributed by atoms with Crippen molar-refractivity contribution < 1.29 is 13.5 Å². The van der Waals surface area contributed by atoms with Crippen LogP contribution < -0.4 is 19.8 Å². The summed E-state index contributed by atoms with van der Waals surface area (Å²) in [5.74, 6) is 1.50. The molecule has 3 N–H and O–H groups in total. The minimum atomic E-state index is -3.17. The van der Waals surface area contributed by atoms with Gasteiger partial charge in [0.1, 0.15) is 5.82 Å². The van der Waals surface area contributed by atoms with Crippen LogP contribution in [0, 0.1) is 0 Å². The summed E-state index contributed by atoms with van der Waals surface area (Å²) in [6.07, 6.45) is 8.81. The standard InChI is InChI=1S/C24H34N6O3S/c1-34(32,33)28-18-7-5-17(6-8-18)26-24-25-13-9-23(27-24)30-16-12-20-21(3-2-4-22(20)30)29-14-10-19(31)11-15-29/h2-4,9,13,17-19,28,31H,5-8,10-12,14-16H2,1H3,(H,25,26,27)/t17-,18-. The van der Waals surface area contributed by atoms with Crippen molar-refractivity contribution in [3.63, 3.8) is 0 Å². The normalized spacial score (nSPS) is 23.7. The van der Waals surface area contributed by atoms with Crippen molar-refractivity contribution in [3.05, 3.63) is 36.0 Å². The van der Waals surface area contributed by atoms with Gasteiger partial charge in [-0.1, -0.05) is 6.07 Å². The highest BCUT2D eigenvalue weighted by atomic mass is 32.2. The Hall–Kier alpha value is -2.43. The van der Waals surface area contributed by atoms with Crippen molar-refractivity contribution in [1.82, 2.24) is 14.7 Å². The van der Waals surface area contributed by atoms with Gasteiger partial charge in [-0.05, 0) is 63.1 Å². The van der Waals surface area contributed by atoms with Gasteiger partial charge in [0.05, 0.1) is 12.4 Å². The first-order chi connectivity index (χ1) is 16.4. The minimum absolute atomic E-state index is 0.0127. The third kappa shape index (κ3) is 5.29. The second kappa shape index (κ2) is 9.67. The van der Waals surface area contributed by atoms with E-state index in [0.29, 0.717) is 5.95 Å². The summed E-state index contributed by atoms with van der Waals surface area (Å²) in [5.41, 5.74) is 3.82. The van der Waals surface area contributed by atoms with Gasteiger partial charge in [-0.3, -0.25) is 0 Å². The first-order valence-corrected chi connectivity index (χ1v) is 14.1. The topological polar surface area (TPSA) is 111 Å². The molecule has 10 heteroatoms. The molecule has 1 aromatic carbocycles. The predicted octanol–water partition coefficient (Wildman–Crippen LogP) is 2.40. The molecule has 0 amide bonds. The molecule has 2 fully saturated rings. The Bertz CT molecular complexity index is 1110. The molecular weight excluding hydrogens is 452 g/mol. The zero-order valence-electron chi connectivity index (χ0n) is 19.7. The Kier molecular flexibility index (Phi) is 6.63. The van der Waals surface area contributed by atoms with E-state index >= 15 is 0 Å². The molecule has 5 rings (SSSR count). The fraction of sp³-hybridized carbons (Fsp3) is 0.583. The number of aliphatic hydroxyl groups excluding tert-OH is 1. The molecule has 9 nitrogen and oxygen atoms in total. The van der Waals surface area contributed by atoms with Crippen LogP contribution in [-0.2, 0) is 16.4 Å². The van der Waals surface area contributed by atoms with Crippen molar-refractivity contribution in [1.29, 1.82) is 0 Å². The van der Waals surface area contributed by atoms with Crippen LogP contribution in [0.25, 0.3) is 0 Å². The number of nitrogens with one attached hydrogen (secondary N) is 2. The quantitative estimate of drug-likeness (QED) is 0.571. The third-order valence-electron chi connectivity index (χ3n) is 7.17. The van der Waals surface area contributed by atoms with Gasteiger partial charge in [-0.25, -0.2) is 18.1 Å². The molecule has 0 unspecified atom stereocenters. The lowest BCUT2D eigenvalue weighted by Crippen LogP contribution is -2.39. The Morgan fingerprint density at radius 1 is 0.971 bits per heavy atom. The van der Waals surface area contributed by atoms with E-state index in [1.54, 1.807) is 6.20 Å². The number of aromatic nitrogens is 2. The molecule has 34 heavy (non-hydrogen) atoms. The molecular formula is C24H34N6O3S. The van der Waals surface area contributed by atoms with Crippen molar-refractivity contribution in [2.75, 3.05) is 41.0 Å². The highest BCUT2D eigenvalue weighted by molar-refractivity contribution is 7.88. The van der Waals surface area contributed by atoms with Crippen LogP contribution >= 0.6 is 0 Å². The number of benzene rings is 1. The largest absolute Gasteiger partial charge is 0.393 e. The third-order valence-corrected chi connectivity index (χ3v) is 7.93. The van der Waals surface area contributed by atoms with Crippen LogP contribution in [-0.4, -0.2) is 67.6 Å². The van der Waals surface area contributed by atoms with Gasteiger partial charge < -0.3 is 20.2 Å². The van der Waals surface area contributed by atoms with Gasteiger partial charge >= 0.3 is 0 Å². The number of rotatable bonds is 6. The lowest BCUT2D eigenvalue weighted by Gasteiger charge is -2.33. The van der Waals surface area contributed by atoms with Crippen LogP contribution in [0.5, 0.6) is 0 Å². The average molecular weight is 487 g/mol. The number of piperidine rings is 1. The fourth-order valence-corrected chi connectivity index (χ4v) is 6.31. The zero-order chi connectivity index (χ0) is 23.7. The number of nitrogens with zero attached hydrogens (tertiary/aromatic N) is 4. The summed E-state index contributed by atoms with van der Waals surface area (Å²) < 4.78 is 25.7. The molecule has 1 saturated heterocycles. The molecule has 1 saturated carbocycles. The van der Waals surface area contributed by atoms with Crippen LogP contribution in [0.4, 0.5) is 23.1 Å². The number of anilines is 4. The number of hydrogen-bond acceptors (Lipinski definition) is 8. The monoisotopic (exact) mass is 486 g/mol. The second-order valence-corrected chi connectivity index (χ2v) is 11.5. The highest BCUT2D eigenvalue weighted by Crippen LogP contribution is 2.40. The van der Waals surface area contributed by atoms with Crippen molar-refractivity contribution in [2.45, 2.75) is 63.1 Å². The molecule has 2 aromatic rings. The predicted molar refractivity (Wildman–Crippen MR) is 134 cm³/mol. The SMILES string of the molecule is CS(=O)(=O)N[C@H]1CC[C@H](Nc2nccc(N3CCc4c(N5CCC(O)CC5)cccc43)n2)CC1. The van der Waals surface area contributed by atoms with Crippen LogP contribution in [0.1, 0.15) is 44.1 Å². The molecule has 0 atom stereocenters. The van der Waals surface area contributed by atoms with Crippen LogP contribution in [0.15, 0.2) is 30.5 Å². The van der Waals surface area contributed by atoms with Gasteiger partial charge in [-0.15, -0.1) is 0 Å². The van der Waals surface area contributed by atoms with Gasteiger partial charge in [0.15, 0.2) is 0 Å². The summed E-state index contributed by atoms with van der Waals surface area (Å²) in [5, 5.41) is 13.3. The smallest absolute Gasteiger partial charge is 0.224 e. The Balaban J connectivity index is 1.26. The zero-order valence-corrected chi connectivity index (χ0v) is 20.5. The van der Waals surface area contributed by atoms with E-state index in [2.05, 4.69) is 43.0 Å². The maximum atomic E-state index is 11.5. The Morgan fingerprint density at radius 2 is 1.68 bits per heavy atom. The lowest BCUT2D eigenvalue weighted by molar-refractivity contribution is 0.145. The number of aliphatic hydroxyl groups is 1. The summed E-state index contributed by atoms with van der Waals surface area (Å²) in [4.78, 5) is 13.9. The van der Waals surface area contributed by atoms with E-state index < -0.39 is 10.0 Å². The number of sulfonamides is 1. The van der Waals surface area contributed by atoms with Crippen molar-refractivity contribution in [3.8, 4) is 0 Å². The van der Waals surface area contributed by atoms with Crippen molar-refractivity contribution >= 4 is 33.2 Å². The first kappa shape index (κ1) is 23.3.